The van der Waals surface area contributed by atoms with E-state index in [1.807, 2.05) is 25.3 Å². The van der Waals surface area contributed by atoms with Crippen LogP contribution in [-0.2, 0) is 16.0 Å². The summed E-state index contributed by atoms with van der Waals surface area (Å²) in [7, 11) is 2.97. The number of hydrogen-bond acceptors (Lipinski definition) is 4. The van der Waals surface area contributed by atoms with Crippen molar-refractivity contribution in [1.82, 2.24) is 4.98 Å². The number of fused-ring (bicyclic) bond motifs is 1. The Bertz CT molecular complexity index is 604. The molecule has 0 aliphatic rings. The Balaban J connectivity index is 2.39. The third-order valence-electron chi connectivity index (χ3n) is 3.23. The van der Waals surface area contributed by atoms with Crippen LogP contribution in [0.2, 0.25) is 0 Å². The number of aromatic amines is 1. The van der Waals surface area contributed by atoms with Gasteiger partial charge in [-0.1, -0.05) is 0 Å². The molecule has 0 aliphatic heterocycles. The van der Waals surface area contributed by atoms with E-state index < -0.39 is 12.0 Å². The van der Waals surface area contributed by atoms with E-state index in [1.54, 1.807) is 7.11 Å². The number of carbonyl (C=O) groups excluding carboxylic acids is 1. The number of ether oxygens (including phenoxy) is 2. The van der Waals surface area contributed by atoms with Crippen molar-refractivity contribution in [3.8, 4) is 5.75 Å². The number of rotatable bonds is 4. The lowest BCUT2D eigenvalue weighted by atomic mass is 10.0. The Hall–Kier alpha value is -2.01. The van der Waals surface area contributed by atoms with E-state index in [9.17, 15) is 4.79 Å². The number of benzene rings is 1. The Kier molecular flexibility index (Phi) is 3.76. The minimum absolute atomic E-state index is 0.408. The van der Waals surface area contributed by atoms with Crippen molar-refractivity contribution in [3.63, 3.8) is 0 Å². The predicted molar refractivity (Wildman–Crippen MR) is 73.3 cm³/mol. The average Bonchev–Trinajstić information content (AvgIpc) is 2.81. The second kappa shape index (κ2) is 5.32. The van der Waals surface area contributed by atoms with Gasteiger partial charge in [0.1, 0.15) is 11.8 Å². The topological polar surface area (TPSA) is 77.3 Å². The van der Waals surface area contributed by atoms with Crippen molar-refractivity contribution in [3.05, 3.63) is 29.5 Å². The van der Waals surface area contributed by atoms with Gasteiger partial charge in [0, 0.05) is 23.5 Å². The van der Waals surface area contributed by atoms with E-state index in [1.165, 1.54) is 7.11 Å². The standard InChI is InChI=1S/C14H18N2O3/c1-8-4-10(18-2)6-11-9(7-16-13(8)11)5-12(15)14(17)19-3/h4,6-7,12,16H,5,15H2,1-3H3. The number of esters is 1. The van der Waals surface area contributed by atoms with Crippen LogP contribution in [0.15, 0.2) is 18.3 Å². The molecule has 0 bridgehead atoms. The second-order valence-electron chi connectivity index (χ2n) is 4.51. The van der Waals surface area contributed by atoms with Crippen LogP contribution < -0.4 is 10.5 Å². The summed E-state index contributed by atoms with van der Waals surface area (Å²) >= 11 is 0. The van der Waals surface area contributed by atoms with Gasteiger partial charge in [-0.05, 0) is 30.2 Å². The number of nitrogens with two attached hydrogens (primary N) is 1. The zero-order valence-electron chi connectivity index (χ0n) is 11.3. The molecule has 0 amide bonds. The number of H-pyrrole nitrogens is 1. The van der Waals surface area contributed by atoms with Crippen molar-refractivity contribution in [2.24, 2.45) is 5.73 Å². The number of aromatic nitrogens is 1. The molecule has 19 heavy (non-hydrogen) atoms. The summed E-state index contributed by atoms with van der Waals surface area (Å²) < 4.78 is 9.91. The zero-order chi connectivity index (χ0) is 14.0. The molecule has 0 saturated heterocycles. The predicted octanol–water partition coefficient (Wildman–Crippen LogP) is 1.53. The lowest BCUT2D eigenvalue weighted by molar-refractivity contribution is -0.142. The van der Waals surface area contributed by atoms with E-state index in [4.69, 9.17) is 10.5 Å². The summed E-state index contributed by atoms with van der Waals surface area (Å²) in [4.78, 5) is 14.6. The summed E-state index contributed by atoms with van der Waals surface area (Å²) in [6.07, 6.45) is 2.30. The quantitative estimate of drug-likeness (QED) is 0.819. The smallest absolute Gasteiger partial charge is 0.322 e. The third kappa shape index (κ3) is 2.56. The summed E-state index contributed by atoms with van der Waals surface area (Å²) in [6, 6.07) is 3.25. The molecular formula is C14H18N2O3. The Morgan fingerprint density at radius 2 is 2.16 bits per heavy atom. The largest absolute Gasteiger partial charge is 0.497 e. The Morgan fingerprint density at radius 3 is 2.79 bits per heavy atom. The Labute approximate surface area is 111 Å². The van der Waals surface area contributed by atoms with Gasteiger partial charge >= 0.3 is 5.97 Å². The lowest BCUT2D eigenvalue weighted by Crippen LogP contribution is -2.33. The van der Waals surface area contributed by atoms with E-state index >= 15 is 0 Å². The van der Waals surface area contributed by atoms with Gasteiger partial charge in [-0.2, -0.15) is 0 Å². The molecule has 3 N–H and O–H groups in total. The summed E-state index contributed by atoms with van der Waals surface area (Å²) in [5.41, 5.74) is 8.91. The van der Waals surface area contributed by atoms with Gasteiger partial charge in [0.05, 0.1) is 14.2 Å². The molecule has 1 atom stereocenters. The van der Waals surface area contributed by atoms with Gasteiger partial charge in [0.25, 0.3) is 0 Å². The van der Waals surface area contributed by atoms with Crippen LogP contribution in [-0.4, -0.2) is 31.2 Å². The molecule has 2 rings (SSSR count). The van der Waals surface area contributed by atoms with Gasteiger partial charge < -0.3 is 20.2 Å². The molecule has 1 heterocycles. The number of hydrogen-bond donors (Lipinski definition) is 2. The van der Waals surface area contributed by atoms with Crippen LogP contribution in [0.1, 0.15) is 11.1 Å². The maximum atomic E-state index is 11.4. The normalized spacial score (nSPS) is 12.4. The fraction of sp³-hybridized carbons (Fsp3) is 0.357. The second-order valence-corrected chi connectivity index (χ2v) is 4.51. The highest BCUT2D eigenvalue weighted by Gasteiger charge is 2.17. The highest BCUT2D eigenvalue weighted by Crippen LogP contribution is 2.27. The molecule has 2 aromatic rings. The number of carbonyl (C=O) groups is 1. The van der Waals surface area contributed by atoms with Crippen molar-refractivity contribution in [1.29, 1.82) is 0 Å². The van der Waals surface area contributed by atoms with Crippen molar-refractivity contribution >= 4 is 16.9 Å². The van der Waals surface area contributed by atoms with Crippen LogP contribution in [0, 0.1) is 6.92 Å². The van der Waals surface area contributed by atoms with Crippen LogP contribution in [0.5, 0.6) is 5.75 Å². The molecule has 0 saturated carbocycles. The number of methoxy groups -OCH3 is 2. The highest BCUT2D eigenvalue weighted by atomic mass is 16.5. The Morgan fingerprint density at radius 1 is 1.42 bits per heavy atom. The number of aryl methyl sites for hydroxylation is 1. The molecule has 1 aromatic heterocycles. The fourth-order valence-electron chi connectivity index (χ4n) is 2.19. The van der Waals surface area contributed by atoms with Crippen LogP contribution in [0.4, 0.5) is 0 Å². The minimum Gasteiger partial charge on any atom is -0.497 e. The maximum Gasteiger partial charge on any atom is 0.322 e. The molecule has 0 spiro atoms. The molecule has 5 nitrogen and oxygen atoms in total. The molecule has 0 radical (unpaired) electrons. The summed E-state index contributed by atoms with van der Waals surface area (Å²) in [5, 5.41) is 1.02. The van der Waals surface area contributed by atoms with Gasteiger partial charge in [-0.3, -0.25) is 4.79 Å². The van der Waals surface area contributed by atoms with Gasteiger partial charge in [-0.25, -0.2) is 0 Å². The third-order valence-corrected chi connectivity index (χ3v) is 3.23. The average molecular weight is 262 g/mol. The monoisotopic (exact) mass is 262 g/mol. The van der Waals surface area contributed by atoms with Crippen LogP contribution >= 0.6 is 0 Å². The van der Waals surface area contributed by atoms with E-state index in [0.717, 1.165) is 27.8 Å². The minimum atomic E-state index is -0.657. The molecule has 5 heteroatoms. The molecule has 0 aliphatic carbocycles. The van der Waals surface area contributed by atoms with Gasteiger partial charge in [0.15, 0.2) is 0 Å². The molecule has 102 valence electrons. The summed E-state index contributed by atoms with van der Waals surface area (Å²) in [5.74, 6) is 0.381. The molecule has 1 unspecified atom stereocenters. The van der Waals surface area contributed by atoms with Gasteiger partial charge in [-0.15, -0.1) is 0 Å². The highest BCUT2D eigenvalue weighted by molar-refractivity contribution is 5.88. The van der Waals surface area contributed by atoms with E-state index in [0.29, 0.717) is 6.42 Å². The van der Waals surface area contributed by atoms with Crippen molar-refractivity contribution in [2.75, 3.05) is 14.2 Å². The zero-order valence-corrected chi connectivity index (χ0v) is 11.3. The summed E-state index contributed by atoms with van der Waals surface area (Å²) in [6.45, 7) is 2.01. The first kappa shape index (κ1) is 13.4. The lowest BCUT2D eigenvalue weighted by Gasteiger charge is -2.09. The SMILES string of the molecule is COC(=O)C(N)Cc1c[nH]c2c(C)cc(OC)cc12. The van der Waals surface area contributed by atoms with E-state index in [-0.39, 0.29) is 0 Å². The van der Waals surface area contributed by atoms with Gasteiger partial charge in [0.2, 0.25) is 0 Å². The first-order valence-corrected chi connectivity index (χ1v) is 6.04. The van der Waals surface area contributed by atoms with Crippen molar-refractivity contribution in [2.45, 2.75) is 19.4 Å². The molecular weight excluding hydrogens is 244 g/mol. The first-order chi connectivity index (χ1) is 9.06. The van der Waals surface area contributed by atoms with Crippen LogP contribution in [0.25, 0.3) is 10.9 Å². The maximum absolute atomic E-state index is 11.4. The molecule has 0 fully saturated rings. The molecule has 1 aromatic carbocycles. The number of nitrogens with one attached hydrogen (secondary N) is 1. The van der Waals surface area contributed by atoms with Crippen molar-refractivity contribution < 1.29 is 14.3 Å². The van der Waals surface area contributed by atoms with E-state index in [2.05, 4.69) is 9.72 Å². The van der Waals surface area contributed by atoms with Crippen LogP contribution in [0.3, 0.4) is 0 Å². The first-order valence-electron chi connectivity index (χ1n) is 6.04. The fourth-order valence-corrected chi connectivity index (χ4v) is 2.19.